The number of hydrogen-bond acceptors (Lipinski definition) is 2. The third-order valence-electron chi connectivity index (χ3n) is 4.17. The summed E-state index contributed by atoms with van der Waals surface area (Å²) >= 11 is 3.54. The predicted molar refractivity (Wildman–Crippen MR) is 109 cm³/mol. The third-order valence-corrected chi connectivity index (χ3v) is 4.75. The van der Waals surface area contributed by atoms with E-state index >= 15 is 0 Å². The van der Waals surface area contributed by atoms with E-state index in [0.29, 0.717) is 5.69 Å². The van der Waals surface area contributed by atoms with E-state index in [1.165, 1.54) is 6.07 Å². The van der Waals surface area contributed by atoms with Gasteiger partial charge in [0.2, 0.25) is 0 Å². The van der Waals surface area contributed by atoms with E-state index in [1.807, 2.05) is 37.6 Å². The lowest BCUT2D eigenvalue weighted by Crippen LogP contribution is -2.19. The summed E-state index contributed by atoms with van der Waals surface area (Å²) in [4.78, 5) is 12.2. The Morgan fingerprint density at radius 2 is 1.71 bits per heavy atom. The minimum atomic E-state index is -1.03. The van der Waals surface area contributed by atoms with Crippen LogP contribution in [0.2, 0.25) is 0 Å². The van der Waals surface area contributed by atoms with E-state index in [4.69, 9.17) is 0 Å². The number of halogens is 3. The number of amides is 2. The molecule has 3 rings (SSSR count). The molecule has 0 aliphatic carbocycles. The van der Waals surface area contributed by atoms with Crippen LogP contribution in [0, 0.1) is 18.6 Å². The van der Waals surface area contributed by atoms with Gasteiger partial charge in [-0.3, -0.25) is 4.68 Å². The van der Waals surface area contributed by atoms with Crippen LogP contribution in [0.5, 0.6) is 0 Å². The van der Waals surface area contributed by atoms with Gasteiger partial charge in [-0.05, 0) is 66.5 Å². The van der Waals surface area contributed by atoms with Gasteiger partial charge in [0.1, 0.15) is 0 Å². The molecule has 0 aliphatic heterocycles. The molecule has 1 heterocycles. The van der Waals surface area contributed by atoms with Crippen LogP contribution in [0.15, 0.2) is 47.1 Å². The van der Waals surface area contributed by atoms with Crippen molar-refractivity contribution in [2.75, 3.05) is 10.6 Å². The molecular formula is C20H19BrF2N4O. The minimum Gasteiger partial charge on any atom is -0.308 e. The number of rotatable bonds is 4. The average Bonchev–Trinajstić information content (AvgIpc) is 3.01. The van der Waals surface area contributed by atoms with Crippen molar-refractivity contribution in [1.29, 1.82) is 0 Å². The van der Waals surface area contributed by atoms with E-state index in [1.54, 1.807) is 12.3 Å². The van der Waals surface area contributed by atoms with E-state index < -0.39 is 17.7 Å². The monoisotopic (exact) mass is 448 g/mol. The summed E-state index contributed by atoms with van der Waals surface area (Å²) in [6.07, 6.45) is 1.74. The van der Waals surface area contributed by atoms with Crippen LogP contribution < -0.4 is 10.6 Å². The van der Waals surface area contributed by atoms with Crippen LogP contribution in [0.25, 0.3) is 11.3 Å². The number of aryl methyl sites for hydroxylation is 1. The van der Waals surface area contributed by atoms with Crippen molar-refractivity contribution >= 4 is 33.3 Å². The second-order valence-electron chi connectivity index (χ2n) is 6.62. The van der Waals surface area contributed by atoms with Crippen LogP contribution in [-0.4, -0.2) is 15.8 Å². The van der Waals surface area contributed by atoms with Crippen LogP contribution in [0.3, 0.4) is 0 Å². The Labute approximate surface area is 169 Å². The van der Waals surface area contributed by atoms with Gasteiger partial charge in [-0.25, -0.2) is 13.6 Å². The van der Waals surface area contributed by atoms with Crippen molar-refractivity contribution in [3.8, 4) is 11.3 Å². The maximum absolute atomic E-state index is 13.3. The number of nitrogens with one attached hydrogen (secondary N) is 2. The number of anilines is 2. The van der Waals surface area contributed by atoms with Gasteiger partial charge in [-0.15, -0.1) is 0 Å². The maximum Gasteiger partial charge on any atom is 0.323 e. The Bertz CT molecular complexity index is 1030. The molecule has 0 unspecified atom stereocenters. The summed E-state index contributed by atoms with van der Waals surface area (Å²) in [5, 5.41) is 9.59. The molecular weight excluding hydrogens is 430 g/mol. The van der Waals surface area contributed by atoms with Crippen LogP contribution in [-0.2, 0) is 0 Å². The van der Waals surface area contributed by atoms with Crippen molar-refractivity contribution in [2.24, 2.45) is 0 Å². The summed E-state index contributed by atoms with van der Waals surface area (Å²) in [7, 11) is 0. The fourth-order valence-corrected chi connectivity index (χ4v) is 3.29. The van der Waals surface area contributed by atoms with Gasteiger partial charge in [-0.2, -0.15) is 5.10 Å². The van der Waals surface area contributed by atoms with Gasteiger partial charge in [-0.1, -0.05) is 6.07 Å². The smallest absolute Gasteiger partial charge is 0.308 e. The predicted octanol–water partition coefficient (Wildman–Crippen LogP) is 6.12. The summed E-state index contributed by atoms with van der Waals surface area (Å²) in [5.74, 6) is -2.00. The molecule has 2 amide bonds. The molecule has 0 radical (unpaired) electrons. The van der Waals surface area contributed by atoms with Crippen LogP contribution in [0.4, 0.5) is 25.0 Å². The number of carbonyl (C=O) groups is 1. The summed E-state index contributed by atoms with van der Waals surface area (Å²) < 4.78 is 29.1. The lowest BCUT2D eigenvalue weighted by molar-refractivity contribution is 0.262. The fraction of sp³-hybridized carbons (Fsp3) is 0.200. The first-order valence-electron chi connectivity index (χ1n) is 8.63. The highest BCUT2D eigenvalue weighted by Crippen LogP contribution is 2.34. The second kappa shape index (κ2) is 8.10. The van der Waals surface area contributed by atoms with E-state index in [2.05, 4.69) is 31.7 Å². The quantitative estimate of drug-likeness (QED) is 0.504. The van der Waals surface area contributed by atoms with Crippen molar-refractivity contribution in [1.82, 2.24) is 9.78 Å². The van der Waals surface area contributed by atoms with Crippen molar-refractivity contribution in [3.05, 3.63) is 64.3 Å². The first kappa shape index (κ1) is 20.0. The molecule has 0 aliphatic rings. The van der Waals surface area contributed by atoms with Gasteiger partial charge >= 0.3 is 6.03 Å². The van der Waals surface area contributed by atoms with E-state index in [-0.39, 0.29) is 11.7 Å². The summed E-state index contributed by atoms with van der Waals surface area (Å²) in [6.45, 7) is 6.05. The van der Waals surface area contributed by atoms with Crippen LogP contribution in [0.1, 0.15) is 25.5 Å². The lowest BCUT2D eigenvalue weighted by Gasteiger charge is -2.15. The Balaban J connectivity index is 1.84. The Hall–Kier alpha value is -2.74. The molecule has 0 atom stereocenters. The SMILES string of the molecule is Cc1ccc(NC(=O)Nc2ccc(F)c(F)c2)cc1-c1c(Br)cnn1C(C)C. The highest BCUT2D eigenvalue weighted by molar-refractivity contribution is 9.10. The Kier molecular flexibility index (Phi) is 5.79. The average molecular weight is 449 g/mol. The van der Waals surface area contributed by atoms with Crippen molar-refractivity contribution in [3.63, 3.8) is 0 Å². The maximum atomic E-state index is 13.3. The molecule has 2 N–H and O–H groups in total. The topological polar surface area (TPSA) is 59.0 Å². The second-order valence-corrected chi connectivity index (χ2v) is 7.47. The molecule has 0 bridgehead atoms. The number of hydrogen-bond donors (Lipinski definition) is 2. The van der Waals surface area contributed by atoms with E-state index in [9.17, 15) is 13.6 Å². The normalized spacial score (nSPS) is 11.0. The molecule has 2 aromatic carbocycles. The zero-order chi connectivity index (χ0) is 20.4. The Morgan fingerprint density at radius 3 is 2.36 bits per heavy atom. The van der Waals surface area contributed by atoms with Gasteiger partial charge < -0.3 is 10.6 Å². The number of urea groups is 1. The van der Waals surface area contributed by atoms with Gasteiger partial charge in [0, 0.05) is 29.0 Å². The number of nitrogens with zero attached hydrogens (tertiary/aromatic N) is 2. The number of carbonyl (C=O) groups excluding carboxylic acids is 1. The standard InChI is InChI=1S/C20H19BrF2N4O/c1-11(2)27-19(16(21)10-24-27)15-8-13(5-4-12(15)3)25-20(28)26-14-6-7-17(22)18(23)9-14/h4-11H,1-3H3,(H2,25,26,28). The highest BCUT2D eigenvalue weighted by Gasteiger charge is 2.16. The number of aromatic nitrogens is 2. The molecule has 5 nitrogen and oxygen atoms in total. The molecule has 0 spiro atoms. The fourth-order valence-electron chi connectivity index (χ4n) is 2.81. The molecule has 0 saturated heterocycles. The molecule has 28 heavy (non-hydrogen) atoms. The van der Waals surface area contributed by atoms with E-state index in [0.717, 1.165) is 33.4 Å². The molecule has 8 heteroatoms. The molecule has 0 fully saturated rings. The van der Waals surface area contributed by atoms with Crippen molar-refractivity contribution in [2.45, 2.75) is 26.8 Å². The van der Waals surface area contributed by atoms with Gasteiger partial charge in [0.15, 0.2) is 11.6 Å². The zero-order valence-electron chi connectivity index (χ0n) is 15.6. The Morgan fingerprint density at radius 1 is 1.07 bits per heavy atom. The molecule has 1 aromatic heterocycles. The first-order valence-corrected chi connectivity index (χ1v) is 9.42. The largest absolute Gasteiger partial charge is 0.323 e. The lowest BCUT2D eigenvalue weighted by atomic mass is 10.0. The highest BCUT2D eigenvalue weighted by atomic mass is 79.9. The molecule has 146 valence electrons. The molecule has 3 aromatic rings. The van der Waals surface area contributed by atoms with Crippen molar-refractivity contribution < 1.29 is 13.6 Å². The summed E-state index contributed by atoms with van der Waals surface area (Å²) in [6, 6.07) is 8.29. The third kappa shape index (κ3) is 4.22. The van der Waals surface area contributed by atoms with Gasteiger partial charge in [0.25, 0.3) is 0 Å². The first-order chi connectivity index (χ1) is 13.3. The minimum absolute atomic E-state index is 0.157. The van der Waals surface area contributed by atoms with Crippen LogP contribution >= 0.6 is 15.9 Å². The zero-order valence-corrected chi connectivity index (χ0v) is 17.1. The van der Waals surface area contributed by atoms with Gasteiger partial charge in [0.05, 0.1) is 16.4 Å². The molecule has 0 saturated carbocycles. The number of benzene rings is 2. The summed E-state index contributed by atoms with van der Waals surface area (Å²) in [5.41, 5.74) is 3.57.